The summed E-state index contributed by atoms with van der Waals surface area (Å²) in [6.45, 7) is 2.11. The van der Waals surface area contributed by atoms with E-state index in [2.05, 4.69) is 20.3 Å². The average Bonchev–Trinajstić information content (AvgIpc) is 3.24. The number of halogens is 1. The van der Waals surface area contributed by atoms with Crippen molar-refractivity contribution in [3.05, 3.63) is 11.2 Å². The van der Waals surface area contributed by atoms with E-state index in [1.807, 2.05) is 0 Å². The highest BCUT2D eigenvalue weighted by molar-refractivity contribution is 6.32. The van der Waals surface area contributed by atoms with Crippen molar-refractivity contribution in [3.63, 3.8) is 0 Å². The summed E-state index contributed by atoms with van der Waals surface area (Å²) >= 11 is 6.22. The molecule has 6 heteroatoms. The summed E-state index contributed by atoms with van der Waals surface area (Å²) in [5.41, 5.74) is 2.48. The van der Waals surface area contributed by atoms with E-state index in [1.54, 1.807) is 6.20 Å². The summed E-state index contributed by atoms with van der Waals surface area (Å²) in [4.78, 5) is 10.7. The fourth-order valence-electron chi connectivity index (χ4n) is 2.12. The van der Waals surface area contributed by atoms with Crippen LogP contribution in [0.15, 0.2) is 6.20 Å². The summed E-state index contributed by atoms with van der Waals surface area (Å²) in [5, 5.41) is 0.607. The Morgan fingerprint density at radius 2 is 1.89 bits per heavy atom. The minimum absolute atomic E-state index is 0.422. The molecule has 18 heavy (non-hydrogen) atoms. The fourth-order valence-corrected chi connectivity index (χ4v) is 2.33. The van der Waals surface area contributed by atoms with Gasteiger partial charge in [-0.05, 0) is 37.5 Å². The number of nitrogen functional groups attached to an aromatic ring is 1. The van der Waals surface area contributed by atoms with E-state index in [0.717, 1.165) is 30.7 Å². The van der Waals surface area contributed by atoms with Crippen molar-refractivity contribution < 1.29 is 0 Å². The third kappa shape index (κ3) is 2.84. The molecule has 2 aliphatic carbocycles. The van der Waals surface area contributed by atoms with E-state index in [0.29, 0.717) is 11.0 Å². The lowest BCUT2D eigenvalue weighted by molar-refractivity contribution is 0.671. The Hall–Kier alpha value is -1.07. The summed E-state index contributed by atoms with van der Waals surface area (Å²) in [5.74, 6) is 8.22. The predicted octanol–water partition coefficient (Wildman–Crippen LogP) is 2.04. The van der Waals surface area contributed by atoms with E-state index in [9.17, 15) is 0 Å². The largest absolute Gasteiger partial charge is 0.355 e. The highest BCUT2D eigenvalue weighted by Crippen LogP contribution is 2.37. The molecule has 0 radical (unpaired) electrons. The molecule has 0 saturated heterocycles. The SMILES string of the molecule is NNc1ncc(Cl)c(N(CC2CC2)CC2CC2)n1. The fraction of sp³-hybridized carbons (Fsp3) is 0.667. The molecule has 1 heterocycles. The van der Waals surface area contributed by atoms with Crippen LogP contribution in [0.4, 0.5) is 11.8 Å². The van der Waals surface area contributed by atoms with Gasteiger partial charge in [0.05, 0.1) is 6.20 Å². The Bertz CT molecular complexity index is 416. The molecule has 5 nitrogen and oxygen atoms in total. The highest BCUT2D eigenvalue weighted by Gasteiger charge is 2.30. The zero-order valence-corrected chi connectivity index (χ0v) is 11.0. The molecule has 2 aliphatic rings. The molecule has 0 spiro atoms. The van der Waals surface area contributed by atoms with Crippen LogP contribution >= 0.6 is 11.6 Å². The minimum atomic E-state index is 0.422. The van der Waals surface area contributed by atoms with Crippen LogP contribution in [0, 0.1) is 11.8 Å². The maximum Gasteiger partial charge on any atom is 0.239 e. The number of nitrogens with zero attached hydrogens (tertiary/aromatic N) is 3. The van der Waals surface area contributed by atoms with Gasteiger partial charge in [0.15, 0.2) is 5.82 Å². The van der Waals surface area contributed by atoms with Crippen molar-refractivity contribution in [1.29, 1.82) is 0 Å². The van der Waals surface area contributed by atoms with Gasteiger partial charge in [0.25, 0.3) is 0 Å². The first-order chi connectivity index (χ1) is 8.76. The van der Waals surface area contributed by atoms with Gasteiger partial charge in [-0.1, -0.05) is 11.6 Å². The summed E-state index contributed by atoms with van der Waals surface area (Å²) < 4.78 is 0. The van der Waals surface area contributed by atoms with Gasteiger partial charge in [0.1, 0.15) is 5.02 Å². The van der Waals surface area contributed by atoms with Crippen LogP contribution in [-0.2, 0) is 0 Å². The van der Waals surface area contributed by atoms with Gasteiger partial charge < -0.3 is 4.90 Å². The molecule has 2 saturated carbocycles. The first kappa shape index (κ1) is 12.0. The van der Waals surface area contributed by atoms with Gasteiger partial charge in [0.2, 0.25) is 5.95 Å². The topological polar surface area (TPSA) is 67.1 Å². The monoisotopic (exact) mass is 267 g/mol. The standard InChI is InChI=1S/C12H18ClN5/c13-10-5-15-12(17-14)16-11(10)18(6-8-1-2-8)7-9-3-4-9/h5,8-9H,1-4,6-7,14H2,(H,15,16,17). The predicted molar refractivity (Wildman–Crippen MR) is 72.5 cm³/mol. The van der Waals surface area contributed by atoms with Crippen LogP contribution in [0.5, 0.6) is 0 Å². The van der Waals surface area contributed by atoms with E-state index in [1.165, 1.54) is 25.7 Å². The normalized spacial score (nSPS) is 18.8. The van der Waals surface area contributed by atoms with Crippen LogP contribution in [0.2, 0.25) is 5.02 Å². The lowest BCUT2D eigenvalue weighted by Gasteiger charge is -2.24. The van der Waals surface area contributed by atoms with Crippen molar-refractivity contribution in [2.24, 2.45) is 17.7 Å². The molecule has 0 bridgehead atoms. The Labute approximate surface area is 112 Å². The maximum atomic E-state index is 6.22. The molecule has 0 atom stereocenters. The van der Waals surface area contributed by atoms with Crippen LogP contribution in [0.25, 0.3) is 0 Å². The summed E-state index contributed by atoms with van der Waals surface area (Å²) in [6, 6.07) is 0. The second kappa shape index (κ2) is 4.90. The minimum Gasteiger partial charge on any atom is -0.355 e. The summed E-state index contributed by atoms with van der Waals surface area (Å²) in [7, 11) is 0. The lowest BCUT2D eigenvalue weighted by atomic mass is 10.3. The highest BCUT2D eigenvalue weighted by atomic mass is 35.5. The van der Waals surface area contributed by atoms with E-state index in [-0.39, 0.29) is 0 Å². The van der Waals surface area contributed by atoms with Gasteiger partial charge >= 0.3 is 0 Å². The van der Waals surface area contributed by atoms with Gasteiger partial charge in [-0.2, -0.15) is 4.98 Å². The number of hydrogen-bond acceptors (Lipinski definition) is 5. The Balaban J connectivity index is 1.81. The number of aromatic nitrogens is 2. The lowest BCUT2D eigenvalue weighted by Crippen LogP contribution is -2.29. The smallest absolute Gasteiger partial charge is 0.239 e. The van der Waals surface area contributed by atoms with Crippen LogP contribution in [0.3, 0.4) is 0 Å². The van der Waals surface area contributed by atoms with Crippen molar-refractivity contribution in [3.8, 4) is 0 Å². The number of rotatable bonds is 6. The van der Waals surface area contributed by atoms with Gasteiger partial charge in [0, 0.05) is 13.1 Å². The molecule has 0 aliphatic heterocycles. The van der Waals surface area contributed by atoms with E-state index >= 15 is 0 Å². The third-order valence-corrected chi connectivity index (χ3v) is 3.77. The molecular weight excluding hydrogens is 250 g/mol. The maximum absolute atomic E-state index is 6.22. The van der Waals surface area contributed by atoms with Crippen molar-refractivity contribution in [1.82, 2.24) is 9.97 Å². The second-order valence-corrected chi connectivity index (χ2v) is 5.71. The number of nitrogens with two attached hydrogens (primary N) is 1. The summed E-state index contributed by atoms with van der Waals surface area (Å²) in [6.07, 6.45) is 6.92. The quantitative estimate of drug-likeness (QED) is 0.610. The molecule has 2 fully saturated rings. The number of anilines is 2. The van der Waals surface area contributed by atoms with Crippen molar-refractivity contribution in [2.75, 3.05) is 23.4 Å². The molecule has 3 N–H and O–H groups in total. The van der Waals surface area contributed by atoms with Gasteiger partial charge in [-0.15, -0.1) is 0 Å². The number of hydrazine groups is 1. The van der Waals surface area contributed by atoms with Crippen LogP contribution in [-0.4, -0.2) is 23.1 Å². The first-order valence-corrected chi connectivity index (χ1v) is 6.88. The Morgan fingerprint density at radius 3 is 2.39 bits per heavy atom. The van der Waals surface area contributed by atoms with Gasteiger partial charge in [-0.25, -0.2) is 10.8 Å². The number of hydrogen-bond donors (Lipinski definition) is 2. The molecular formula is C12H18ClN5. The average molecular weight is 268 g/mol. The van der Waals surface area contributed by atoms with Crippen LogP contribution in [0.1, 0.15) is 25.7 Å². The molecule has 1 aromatic rings. The molecule has 0 unspecified atom stereocenters. The molecule has 0 aromatic carbocycles. The first-order valence-electron chi connectivity index (χ1n) is 6.50. The van der Waals surface area contributed by atoms with E-state index < -0.39 is 0 Å². The molecule has 0 amide bonds. The zero-order valence-electron chi connectivity index (χ0n) is 10.3. The van der Waals surface area contributed by atoms with E-state index in [4.69, 9.17) is 17.4 Å². The van der Waals surface area contributed by atoms with Crippen molar-refractivity contribution in [2.45, 2.75) is 25.7 Å². The Kier molecular flexibility index (Phi) is 3.26. The third-order valence-electron chi connectivity index (χ3n) is 3.51. The second-order valence-electron chi connectivity index (χ2n) is 5.30. The molecule has 3 rings (SSSR count). The van der Waals surface area contributed by atoms with Crippen molar-refractivity contribution >= 4 is 23.4 Å². The Morgan fingerprint density at radius 1 is 1.28 bits per heavy atom. The van der Waals surface area contributed by atoms with Crippen LogP contribution < -0.4 is 16.2 Å². The molecule has 1 aromatic heterocycles. The zero-order chi connectivity index (χ0) is 12.5. The number of nitrogens with one attached hydrogen (secondary N) is 1. The molecule has 98 valence electrons. The van der Waals surface area contributed by atoms with Gasteiger partial charge in [-0.3, -0.25) is 5.43 Å².